The summed E-state index contributed by atoms with van der Waals surface area (Å²) in [5, 5.41) is 10.5. The third kappa shape index (κ3) is 4.46. The molecule has 24 heavy (non-hydrogen) atoms. The Morgan fingerprint density at radius 2 is 2.04 bits per heavy atom. The van der Waals surface area contributed by atoms with Crippen molar-refractivity contribution in [3.8, 4) is 11.4 Å². The molecule has 5 nitrogen and oxygen atoms in total. The Bertz CT molecular complexity index is 848. The van der Waals surface area contributed by atoms with Crippen molar-refractivity contribution >= 4 is 39.3 Å². The summed E-state index contributed by atoms with van der Waals surface area (Å²) in [6.07, 6.45) is 0. The van der Waals surface area contributed by atoms with Crippen LogP contribution in [0.5, 0.6) is 0 Å². The van der Waals surface area contributed by atoms with E-state index in [-0.39, 0.29) is 11.7 Å². The minimum atomic E-state index is -0.0828. The zero-order valence-corrected chi connectivity index (χ0v) is 15.3. The first kappa shape index (κ1) is 16.7. The summed E-state index contributed by atoms with van der Waals surface area (Å²) in [6.45, 7) is 1.99. The smallest absolute Gasteiger partial charge is 0.234 e. The molecule has 1 heterocycles. The van der Waals surface area contributed by atoms with Gasteiger partial charge in [0.15, 0.2) is 5.82 Å². The lowest BCUT2D eigenvalue weighted by atomic mass is 10.2. The maximum atomic E-state index is 12.0. The van der Waals surface area contributed by atoms with Gasteiger partial charge >= 0.3 is 0 Å². The van der Waals surface area contributed by atoms with Crippen LogP contribution in [-0.4, -0.2) is 26.8 Å². The molecular formula is C17H15BrN4OS. The van der Waals surface area contributed by atoms with Gasteiger partial charge in [-0.3, -0.25) is 9.89 Å². The number of anilines is 1. The number of aryl methyl sites for hydroxylation is 1. The van der Waals surface area contributed by atoms with Crippen molar-refractivity contribution in [3.05, 3.63) is 58.6 Å². The van der Waals surface area contributed by atoms with E-state index < -0.39 is 0 Å². The van der Waals surface area contributed by atoms with Crippen LogP contribution < -0.4 is 5.32 Å². The maximum absolute atomic E-state index is 12.0. The van der Waals surface area contributed by atoms with Crippen LogP contribution in [0, 0.1) is 6.92 Å². The van der Waals surface area contributed by atoms with E-state index in [0.29, 0.717) is 11.0 Å². The summed E-state index contributed by atoms with van der Waals surface area (Å²) in [5.74, 6) is 0.857. The van der Waals surface area contributed by atoms with E-state index >= 15 is 0 Å². The lowest BCUT2D eigenvalue weighted by Gasteiger charge is -2.04. The van der Waals surface area contributed by atoms with Gasteiger partial charge in [0.05, 0.1) is 5.75 Å². The maximum Gasteiger partial charge on any atom is 0.234 e. The van der Waals surface area contributed by atoms with Crippen molar-refractivity contribution in [1.29, 1.82) is 0 Å². The van der Waals surface area contributed by atoms with E-state index in [1.165, 1.54) is 11.8 Å². The van der Waals surface area contributed by atoms with Crippen LogP contribution in [0.3, 0.4) is 0 Å². The number of H-pyrrole nitrogens is 1. The molecule has 0 aliphatic carbocycles. The van der Waals surface area contributed by atoms with Crippen LogP contribution >= 0.6 is 27.7 Å². The van der Waals surface area contributed by atoms with Crippen molar-refractivity contribution in [2.24, 2.45) is 0 Å². The summed E-state index contributed by atoms with van der Waals surface area (Å²) in [4.78, 5) is 16.4. The quantitative estimate of drug-likeness (QED) is 0.624. The van der Waals surface area contributed by atoms with Crippen LogP contribution in [0.25, 0.3) is 11.4 Å². The first-order chi connectivity index (χ1) is 11.6. The van der Waals surface area contributed by atoms with Gasteiger partial charge in [-0.15, -0.1) is 5.10 Å². The highest BCUT2D eigenvalue weighted by Crippen LogP contribution is 2.21. The van der Waals surface area contributed by atoms with Crippen LogP contribution in [0.4, 0.5) is 5.69 Å². The van der Waals surface area contributed by atoms with E-state index in [4.69, 9.17) is 0 Å². The van der Waals surface area contributed by atoms with Crippen molar-refractivity contribution in [2.45, 2.75) is 12.1 Å². The van der Waals surface area contributed by atoms with Gasteiger partial charge in [0.1, 0.15) is 0 Å². The number of amides is 1. The summed E-state index contributed by atoms with van der Waals surface area (Å²) in [7, 11) is 0. The lowest BCUT2D eigenvalue weighted by Crippen LogP contribution is -2.14. The van der Waals surface area contributed by atoms with Gasteiger partial charge in [0.25, 0.3) is 0 Å². The molecule has 122 valence electrons. The number of carbonyl (C=O) groups excluding carboxylic acids is 1. The normalized spacial score (nSPS) is 10.6. The van der Waals surface area contributed by atoms with Crippen LogP contribution in [0.1, 0.15) is 5.56 Å². The molecule has 2 N–H and O–H groups in total. The van der Waals surface area contributed by atoms with Gasteiger partial charge in [-0.1, -0.05) is 52.0 Å². The number of aromatic nitrogens is 3. The summed E-state index contributed by atoms with van der Waals surface area (Å²) in [6, 6.07) is 15.5. The summed E-state index contributed by atoms with van der Waals surface area (Å²) >= 11 is 4.70. The second-order valence-electron chi connectivity index (χ2n) is 5.18. The minimum absolute atomic E-state index is 0.0828. The SMILES string of the molecule is Cc1cccc(NC(=O)CSc2n[nH]c(-c3ccc(Br)cc3)n2)c1. The molecule has 0 spiro atoms. The lowest BCUT2D eigenvalue weighted by molar-refractivity contribution is -0.113. The van der Waals surface area contributed by atoms with Crippen molar-refractivity contribution in [3.63, 3.8) is 0 Å². The first-order valence-corrected chi connectivity index (χ1v) is 9.06. The number of benzene rings is 2. The van der Waals surface area contributed by atoms with E-state index in [1.54, 1.807) is 0 Å². The Balaban J connectivity index is 1.57. The van der Waals surface area contributed by atoms with E-state index in [1.807, 2.05) is 55.5 Å². The topological polar surface area (TPSA) is 70.7 Å². The molecule has 0 atom stereocenters. The molecule has 7 heteroatoms. The van der Waals surface area contributed by atoms with Gasteiger partial charge in [-0.25, -0.2) is 4.98 Å². The predicted octanol–water partition coefficient (Wildman–Crippen LogP) is 4.27. The van der Waals surface area contributed by atoms with Gasteiger partial charge in [0.2, 0.25) is 11.1 Å². The number of thioether (sulfide) groups is 1. The third-order valence-corrected chi connectivity index (χ3v) is 4.59. The number of aromatic amines is 1. The number of hydrogen-bond acceptors (Lipinski definition) is 4. The number of hydrogen-bond donors (Lipinski definition) is 2. The number of halogens is 1. The molecule has 0 radical (unpaired) electrons. The number of rotatable bonds is 5. The fourth-order valence-corrected chi connectivity index (χ4v) is 2.96. The highest BCUT2D eigenvalue weighted by atomic mass is 79.9. The number of nitrogens with zero attached hydrogens (tertiary/aromatic N) is 2. The third-order valence-electron chi connectivity index (χ3n) is 3.22. The average Bonchev–Trinajstić information content (AvgIpc) is 3.03. The van der Waals surface area contributed by atoms with Gasteiger partial charge in [0, 0.05) is 15.7 Å². The first-order valence-electron chi connectivity index (χ1n) is 7.28. The van der Waals surface area contributed by atoms with Gasteiger partial charge in [-0.2, -0.15) is 0 Å². The average molecular weight is 403 g/mol. The molecule has 0 fully saturated rings. The van der Waals surface area contributed by atoms with E-state index in [9.17, 15) is 4.79 Å². The van der Waals surface area contributed by atoms with Crippen LogP contribution in [0.15, 0.2) is 58.2 Å². The Morgan fingerprint density at radius 3 is 2.79 bits per heavy atom. The van der Waals surface area contributed by atoms with E-state index in [0.717, 1.165) is 21.3 Å². The van der Waals surface area contributed by atoms with Crippen molar-refractivity contribution < 1.29 is 4.79 Å². The molecule has 0 aliphatic heterocycles. The molecule has 3 rings (SSSR count). The second-order valence-corrected chi connectivity index (χ2v) is 7.04. The highest BCUT2D eigenvalue weighted by molar-refractivity contribution is 9.10. The fraction of sp³-hybridized carbons (Fsp3) is 0.118. The summed E-state index contributed by atoms with van der Waals surface area (Å²) < 4.78 is 1.01. The zero-order chi connectivity index (χ0) is 16.9. The van der Waals surface area contributed by atoms with Crippen LogP contribution in [0.2, 0.25) is 0 Å². The Labute approximate surface area is 152 Å². The fourth-order valence-electron chi connectivity index (χ4n) is 2.10. The predicted molar refractivity (Wildman–Crippen MR) is 100 cm³/mol. The zero-order valence-electron chi connectivity index (χ0n) is 12.9. The molecule has 2 aromatic carbocycles. The largest absolute Gasteiger partial charge is 0.325 e. The standard InChI is InChI=1S/C17H15BrN4OS/c1-11-3-2-4-14(9-11)19-15(23)10-24-17-20-16(21-22-17)12-5-7-13(18)8-6-12/h2-9H,10H2,1H3,(H,19,23)(H,20,21,22). The molecule has 1 amide bonds. The van der Waals surface area contributed by atoms with Gasteiger partial charge < -0.3 is 5.32 Å². The monoisotopic (exact) mass is 402 g/mol. The van der Waals surface area contributed by atoms with Crippen molar-refractivity contribution in [2.75, 3.05) is 11.1 Å². The Hall–Kier alpha value is -2.12. The number of nitrogens with one attached hydrogen (secondary N) is 2. The molecule has 0 bridgehead atoms. The molecule has 0 unspecified atom stereocenters. The molecule has 0 aliphatic rings. The molecule has 1 aromatic heterocycles. The molecule has 0 saturated heterocycles. The number of carbonyl (C=O) groups is 1. The molecule has 3 aromatic rings. The van der Waals surface area contributed by atoms with E-state index in [2.05, 4.69) is 36.4 Å². The van der Waals surface area contributed by atoms with Crippen LogP contribution in [-0.2, 0) is 4.79 Å². The summed E-state index contributed by atoms with van der Waals surface area (Å²) in [5.41, 5.74) is 2.85. The molecular weight excluding hydrogens is 388 g/mol. The van der Waals surface area contributed by atoms with Crippen molar-refractivity contribution in [1.82, 2.24) is 15.2 Å². The van der Waals surface area contributed by atoms with Gasteiger partial charge in [-0.05, 0) is 36.8 Å². The minimum Gasteiger partial charge on any atom is -0.325 e. The Morgan fingerprint density at radius 1 is 1.25 bits per heavy atom. The highest BCUT2D eigenvalue weighted by Gasteiger charge is 2.09. The Kier molecular flexibility index (Phi) is 5.32. The molecule has 0 saturated carbocycles. The second kappa shape index (κ2) is 7.63.